The molecule has 4 nitrogen and oxygen atoms in total. The first-order chi connectivity index (χ1) is 10.7. The number of rotatable bonds is 1. The van der Waals surface area contributed by atoms with Crippen LogP contribution in [0.15, 0.2) is 42.6 Å². The molecule has 1 fully saturated rings. The zero-order valence-electron chi connectivity index (χ0n) is 12.7. The minimum absolute atomic E-state index is 0.177. The molecule has 2 aliphatic heterocycles. The number of ether oxygens (including phenoxy) is 1. The maximum atomic E-state index is 11.7. The molecule has 0 radical (unpaired) electrons. The first-order valence-corrected chi connectivity index (χ1v) is 7.83. The lowest BCUT2D eigenvalue weighted by molar-refractivity contribution is -0.0184. The lowest BCUT2D eigenvalue weighted by Crippen LogP contribution is -2.44. The largest absolute Gasteiger partial charge is 0.438 e. The average molecular weight is 296 g/mol. The van der Waals surface area contributed by atoms with E-state index in [-0.39, 0.29) is 5.92 Å². The molecular weight excluding hydrogens is 276 g/mol. The summed E-state index contributed by atoms with van der Waals surface area (Å²) in [5.41, 5.74) is 0.646. The van der Waals surface area contributed by atoms with Crippen molar-refractivity contribution >= 4 is 0 Å². The van der Waals surface area contributed by atoms with Gasteiger partial charge in [0.05, 0.1) is 5.56 Å². The van der Waals surface area contributed by atoms with Crippen molar-refractivity contribution < 1.29 is 9.84 Å². The van der Waals surface area contributed by atoms with Gasteiger partial charge in [0.2, 0.25) is 5.88 Å². The monoisotopic (exact) mass is 296 g/mol. The lowest BCUT2D eigenvalue weighted by atomic mass is 9.71. The van der Waals surface area contributed by atoms with Gasteiger partial charge < -0.3 is 14.7 Å². The molecule has 3 heterocycles. The summed E-state index contributed by atoms with van der Waals surface area (Å²) in [4.78, 5) is 6.65. The molecule has 0 spiro atoms. The second kappa shape index (κ2) is 5.07. The molecule has 1 aromatic heterocycles. The minimum atomic E-state index is -1.01. The van der Waals surface area contributed by atoms with Crippen LogP contribution in [-0.2, 0) is 5.60 Å². The highest BCUT2D eigenvalue weighted by Crippen LogP contribution is 2.51. The molecule has 114 valence electrons. The van der Waals surface area contributed by atoms with Crippen LogP contribution in [0.5, 0.6) is 11.6 Å². The van der Waals surface area contributed by atoms with Crippen LogP contribution in [0, 0.1) is 5.92 Å². The molecule has 1 saturated heterocycles. The summed E-state index contributed by atoms with van der Waals surface area (Å²) in [6.45, 7) is 2.01. The van der Waals surface area contributed by atoms with Crippen LogP contribution in [0.2, 0.25) is 0 Å². The van der Waals surface area contributed by atoms with Crippen molar-refractivity contribution in [2.24, 2.45) is 5.92 Å². The molecule has 0 amide bonds. The van der Waals surface area contributed by atoms with E-state index in [1.54, 1.807) is 6.20 Å². The van der Waals surface area contributed by atoms with Crippen LogP contribution in [-0.4, -0.2) is 35.1 Å². The molecule has 0 saturated carbocycles. The van der Waals surface area contributed by atoms with Crippen LogP contribution < -0.4 is 4.74 Å². The minimum Gasteiger partial charge on any atom is -0.438 e. The average Bonchev–Trinajstić information content (AvgIpc) is 2.56. The maximum Gasteiger partial charge on any atom is 0.225 e. The predicted octanol–water partition coefficient (Wildman–Crippen LogP) is 2.77. The van der Waals surface area contributed by atoms with Gasteiger partial charge in [-0.3, -0.25) is 0 Å². The van der Waals surface area contributed by atoms with Gasteiger partial charge in [0.1, 0.15) is 11.4 Å². The van der Waals surface area contributed by atoms with Gasteiger partial charge in [0.15, 0.2) is 0 Å². The van der Waals surface area contributed by atoms with Crippen molar-refractivity contribution in [2.75, 3.05) is 20.1 Å². The molecule has 4 rings (SSSR count). The molecule has 2 aliphatic rings. The number of benzene rings is 1. The fourth-order valence-corrected chi connectivity index (χ4v) is 3.75. The Balaban J connectivity index is 1.87. The van der Waals surface area contributed by atoms with Gasteiger partial charge in [-0.15, -0.1) is 0 Å². The molecule has 0 bridgehead atoms. The zero-order valence-corrected chi connectivity index (χ0v) is 12.7. The Hall–Kier alpha value is -1.91. The van der Waals surface area contributed by atoms with Gasteiger partial charge >= 0.3 is 0 Å². The van der Waals surface area contributed by atoms with Gasteiger partial charge in [-0.2, -0.15) is 0 Å². The number of pyridine rings is 1. The third kappa shape index (κ3) is 1.95. The number of fused-ring (bicyclic) bond motifs is 2. The molecule has 2 aromatic rings. The van der Waals surface area contributed by atoms with Crippen LogP contribution >= 0.6 is 0 Å². The molecule has 1 atom stereocenters. The Morgan fingerprint density at radius 3 is 2.68 bits per heavy atom. The second-order valence-corrected chi connectivity index (χ2v) is 6.30. The Morgan fingerprint density at radius 2 is 1.86 bits per heavy atom. The van der Waals surface area contributed by atoms with Crippen LogP contribution in [0.1, 0.15) is 24.0 Å². The van der Waals surface area contributed by atoms with E-state index >= 15 is 0 Å². The van der Waals surface area contributed by atoms with Crippen molar-refractivity contribution in [3.63, 3.8) is 0 Å². The Morgan fingerprint density at radius 1 is 1.14 bits per heavy atom. The summed E-state index contributed by atoms with van der Waals surface area (Å²) < 4.78 is 5.90. The van der Waals surface area contributed by atoms with Crippen LogP contribution in [0.4, 0.5) is 0 Å². The Kier molecular flexibility index (Phi) is 3.17. The van der Waals surface area contributed by atoms with Crippen molar-refractivity contribution in [3.8, 4) is 11.6 Å². The van der Waals surface area contributed by atoms with Gasteiger partial charge in [-0.1, -0.05) is 18.2 Å². The molecular formula is C18H20N2O2. The van der Waals surface area contributed by atoms with E-state index in [9.17, 15) is 5.11 Å². The number of piperidine rings is 1. The van der Waals surface area contributed by atoms with E-state index < -0.39 is 5.60 Å². The lowest BCUT2D eigenvalue weighted by Gasteiger charge is -2.43. The third-order valence-electron chi connectivity index (χ3n) is 5.00. The SMILES string of the molecule is CN1CCC([C@@]2(O)c3ccccc3Oc3ncccc32)CC1. The van der Waals surface area contributed by atoms with E-state index in [4.69, 9.17) is 4.74 Å². The molecule has 1 aromatic carbocycles. The predicted molar refractivity (Wildman–Crippen MR) is 84.0 cm³/mol. The first kappa shape index (κ1) is 13.7. The van der Waals surface area contributed by atoms with Gasteiger partial charge in [0, 0.05) is 11.8 Å². The van der Waals surface area contributed by atoms with E-state index in [0.717, 1.165) is 42.8 Å². The van der Waals surface area contributed by atoms with Crippen LogP contribution in [0.3, 0.4) is 0 Å². The number of hydrogen-bond acceptors (Lipinski definition) is 4. The summed E-state index contributed by atoms with van der Waals surface area (Å²) in [6, 6.07) is 11.6. The highest BCUT2D eigenvalue weighted by atomic mass is 16.5. The normalized spacial score (nSPS) is 25.2. The van der Waals surface area contributed by atoms with Gasteiger partial charge in [-0.05, 0) is 57.1 Å². The number of hydrogen-bond donors (Lipinski definition) is 1. The van der Waals surface area contributed by atoms with Crippen LogP contribution in [0.25, 0.3) is 0 Å². The quantitative estimate of drug-likeness (QED) is 0.879. The van der Waals surface area contributed by atoms with E-state index in [1.165, 1.54) is 0 Å². The summed E-state index contributed by atoms with van der Waals surface area (Å²) in [5, 5.41) is 11.7. The summed E-state index contributed by atoms with van der Waals surface area (Å²) in [7, 11) is 2.13. The number of nitrogens with zero attached hydrogens (tertiary/aromatic N) is 2. The van der Waals surface area contributed by atoms with Gasteiger partial charge in [0.25, 0.3) is 0 Å². The number of aliphatic hydroxyl groups is 1. The fourth-order valence-electron chi connectivity index (χ4n) is 3.75. The van der Waals surface area contributed by atoms with Crippen molar-refractivity contribution in [1.82, 2.24) is 9.88 Å². The Labute approximate surface area is 130 Å². The molecule has 0 aliphatic carbocycles. The van der Waals surface area contributed by atoms with Crippen molar-refractivity contribution in [1.29, 1.82) is 0 Å². The smallest absolute Gasteiger partial charge is 0.225 e. The number of aromatic nitrogens is 1. The number of likely N-dealkylation sites (tertiary alicyclic amines) is 1. The van der Waals surface area contributed by atoms with Crippen molar-refractivity contribution in [2.45, 2.75) is 18.4 Å². The number of para-hydroxylation sites is 1. The maximum absolute atomic E-state index is 11.7. The van der Waals surface area contributed by atoms with Crippen molar-refractivity contribution in [3.05, 3.63) is 53.7 Å². The fraction of sp³-hybridized carbons (Fsp3) is 0.389. The summed E-state index contributed by atoms with van der Waals surface area (Å²) in [5.74, 6) is 1.43. The van der Waals surface area contributed by atoms with E-state index in [2.05, 4.69) is 16.9 Å². The standard InChI is InChI=1S/C18H20N2O2/c1-20-11-8-13(9-12-20)18(21)14-5-2-3-7-16(14)22-17-15(18)6-4-10-19-17/h2-7,10,13,21H,8-9,11-12H2,1H3/t18-/m1/s1. The second-order valence-electron chi connectivity index (χ2n) is 6.30. The van der Waals surface area contributed by atoms with E-state index in [0.29, 0.717) is 5.88 Å². The molecule has 0 unspecified atom stereocenters. The highest BCUT2D eigenvalue weighted by molar-refractivity contribution is 5.53. The third-order valence-corrected chi connectivity index (χ3v) is 5.00. The summed E-state index contributed by atoms with van der Waals surface area (Å²) in [6.07, 6.45) is 3.65. The molecule has 4 heteroatoms. The summed E-state index contributed by atoms with van der Waals surface area (Å²) >= 11 is 0. The Bertz CT molecular complexity index is 647. The topological polar surface area (TPSA) is 45.6 Å². The molecule has 22 heavy (non-hydrogen) atoms. The van der Waals surface area contributed by atoms with Gasteiger partial charge in [-0.25, -0.2) is 4.98 Å². The first-order valence-electron chi connectivity index (χ1n) is 7.83. The molecule has 1 N–H and O–H groups in total. The highest BCUT2D eigenvalue weighted by Gasteiger charge is 2.47. The van der Waals surface area contributed by atoms with E-state index in [1.807, 2.05) is 36.4 Å². The zero-order chi connectivity index (χ0) is 15.2.